The number of hydrogen-bond donors (Lipinski definition) is 1. The molecule has 2 aliphatic rings. The van der Waals surface area contributed by atoms with Gasteiger partial charge in [0.05, 0.1) is 0 Å². The van der Waals surface area contributed by atoms with Crippen LogP contribution in [0.4, 0.5) is 4.79 Å². The zero-order valence-electron chi connectivity index (χ0n) is 21.9. The fraction of sp³-hybridized carbons (Fsp3) is 0.467. The first-order chi connectivity index (χ1) is 17.3. The Balaban J connectivity index is 1.34. The van der Waals surface area contributed by atoms with Crippen molar-refractivity contribution in [2.75, 3.05) is 19.6 Å². The van der Waals surface area contributed by atoms with Gasteiger partial charge in [-0.25, -0.2) is 4.79 Å². The second-order valence-electron chi connectivity index (χ2n) is 10.6. The molecule has 4 rings (SSSR count). The molecule has 2 aromatic rings. The number of hydrogen-bond acceptors (Lipinski definition) is 5. The Labute approximate surface area is 215 Å². The molecule has 0 saturated carbocycles. The fourth-order valence-electron chi connectivity index (χ4n) is 4.58. The molecule has 0 spiro atoms. The molecular formula is C30H38N4O2. The van der Waals surface area contributed by atoms with Crippen molar-refractivity contribution >= 4 is 17.4 Å². The van der Waals surface area contributed by atoms with Gasteiger partial charge in [0.2, 0.25) is 0 Å². The molecule has 1 aliphatic heterocycles. The lowest BCUT2D eigenvalue weighted by atomic mass is 10.00. The SMILES string of the molecule is C=C(NC1=CCCC=C1c1c#cn(C(=O)OC(C)(C)C)n1)c1ccc(CCCN2CCCCC2)cc1. The van der Waals surface area contributed by atoms with Gasteiger partial charge in [0.25, 0.3) is 0 Å². The minimum absolute atomic E-state index is 0.552. The molecule has 1 aromatic heterocycles. The molecule has 2 heterocycles. The smallest absolute Gasteiger partial charge is 0.442 e. The van der Waals surface area contributed by atoms with E-state index in [1.807, 2.05) is 20.8 Å². The van der Waals surface area contributed by atoms with E-state index in [0.29, 0.717) is 5.69 Å². The first-order valence-electron chi connectivity index (χ1n) is 13.1. The van der Waals surface area contributed by atoms with Gasteiger partial charge in [-0.1, -0.05) is 49.4 Å². The number of nitrogens with one attached hydrogen (secondary N) is 1. The van der Waals surface area contributed by atoms with Crippen LogP contribution < -0.4 is 5.32 Å². The highest BCUT2D eigenvalue weighted by Gasteiger charge is 2.21. The Morgan fingerprint density at radius 1 is 1.11 bits per heavy atom. The number of carbonyl (C=O) groups is 1. The molecule has 190 valence electrons. The number of piperidine rings is 1. The normalized spacial score (nSPS) is 16.5. The Morgan fingerprint density at radius 3 is 2.56 bits per heavy atom. The lowest BCUT2D eigenvalue weighted by Crippen LogP contribution is -2.30. The Kier molecular flexibility index (Phi) is 8.32. The Bertz CT molecular complexity index is 1110. The molecule has 6 heteroatoms. The first kappa shape index (κ1) is 25.8. The number of carbonyl (C=O) groups excluding carboxylic acids is 1. The van der Waals surface area contributed by atoms with Crippen molar-refractivity contribution < 1.29 is 9.53 Å². The zero-order valence-corrected chi connectivity index (χ0v) is 21.9. The van der Waals surface area contributed by atoms with Crippen LogP contribution in [-0.4, -0.2) is 46.0 Å². The van der Waals surface area contributed by atoms with Gasteiger partial charge in [-0.3, -0.25) is 0 Å². The molecule has 36 heavy (non-hydrogen) atoms. The van der Waals surface area contributed by atoms with Crippen LogP contribution in [-0.2, 0) is 11.2 Å². The Hall–Kier alpha value is -3.30. The van der Waals surface area contributed by atoms with Gasteiger partial charge in [0.1, 0.15) is 11.3 Å². The van der Waals surface area contributed by atoms with E-state index < -0.39 is 11.7 Å². The van der Waals surface area contributed by atoms with Crippen LogP contribution in [0.2, 0.25) is 0 Å². The van der Waals surface area contributed by atoms with Crippen LogP contribution in [0.3, 0.4) is 0 Å². The number of ether oxygens (including phenoxy) is 1. The maximum Gasteiger partial charge on any atom is 0.443 e. The number of benzene rings is 1. The zero-order chi connectivity index (χ0) is 25.5. The molecule has 1 fully saturated rings. The van der Waals surface area contributed by atoms with E-state index in [1.165, 1.54) is 50.9 Å². The first-order valence-corrected chi connectivity index (χ1v) is 13.1. The van der Waals surface area contributed by atoms with Gasteiger partial charge in [0, 0.05) is 23.2 Å². The van der Waals surface area contributed by atoms with Crippen molar-refractivity contribution in [1.82, 2.24) is 20.0 Å². The van der Waals surface area contributed by atoms with Crippen LogP contribution in [0.5, 0.6) is 0 Å². The minimum atomic E-state index is -0.603. The van der Waals surface area contributed by atoms with Crippen LogP contribution in [0.25, 0.3) is 11.3 Å². The summed E-state index contributed by atoms with van der Waals surface area (Å²) in [5, 5.41) is 7.83. The second-order valence-corrected chi connectivity index (χ2v) is 10.6. The van der Waals surface area contributed by atoms with Crippen molar-refractivity contribution in [3.63, 3.8) is 0 Å². The third-order valence-corrected chi connectivity index (χ3v) is 6.43. The lowest BCUT2D eigenvalue weighted by Gasteiger charge is -2.26. The third kappa shape index (κ3) is 7.11. The van der Waals surface area contributed by atoms with Gasteiger partial charge in [-0.2, -0.15) is 0 Å². The van der Waals surface area contributed by atoms with Crippen LogP contribution in [0.15, 0.2) is 48.7 Å². The summed E-state index contributed by atoms with van der Waals surface area (Å²) in [6.45, 7) is 13.4. The maximum atomic E-state index is 12.3. The summed E-state index contributed by atoms with van der Waals surface area (Å²) in [6, 6.07) is 11.7. The highest BCUT2D eigenvalue weighted by atomic mass is 16.6. The van der Waals surface area contributed by atoms with Crippen molar-refractivity contribution in [3.8, 4) is 0 Å². The van der Waals surface area contributed by atoms with Gasteiger partial charge in [-0.15, -0.1) is 9.78 Å². The van der Waals surface area contributed by atoms with Gasteiger partial charge in [0.15, 0.2) is 0 Å². The monoisotopic (exact) mass is 486 g/mol. The van der Waals surface area contributed by atoms with Crippen LogP contribution in [0, 0.1) is 12.3 Å². The van der Waals surface area contributed by atoms with Crippen molar-refractivity contribution in [3.05, 3.63) is 77.8 Å². The maximum absolute atomic E-state index is 12.3. The van der Waals surface area contributed by atoms with Crippen molar-refractivity contribution in [1.29, 1.82) is 0 Å². The average molecular weight is 487 g/mol. The van der Waals surface area contributed by atoms with E-state index in [-0.39, 0.29) is 0 Å². The predicted octanol–water partition coefficient (Wildman–Crippen LogP) is 6.01. The summed E-state index contributed by atoms with van der Waals surface area (Å²) in [4.78, 5) is 14.9. The van der Waals surface area contributed by atoms with E-state index in [1.54, 1.807) is 0 Å². The molecule has 0 bridgehead atoms. The van der Waals surface area contributed by atoms with E-state index in [4.69, 9.17) is 4.74 Å². The van der Waals surface area contributed by atoms with Crippen LogP contribution >= 0.6 is 0 Å². The molecule has 1 aromatic carbocycles. The molecule has 0 unspecified atom stereocenters. The number of aryl methyl sites for hydroxylation is 1. The number of aromatic nitrogens is 2. The third-order valence-electron chi connectivity index (χ3n) is 6.43. The predicted molar refractivity (Wildman–Crippen MR) is 144 cm³/mol. The summed E-state index contributed by atoms with van der Waals surface area (Å²) in [5.74, 6) is 0. The van der Waals surface area contributed by atoms with Crippen molar-refractivity contribution in [2.24, 2.45) is 0 Å². The van der Waals surface area contributed by atoms with Gasteiger partial charge >= 0.3 is 6.09 Å². The molecule has 0 amide bonds. The number of rotatable bonds is 8. The molecule has 0 atom stereocenters. The summed E-state index contributed by atoms with van der Waals surface area (Å²) in [6.07, 6.45) is 14.6. The summed E-state index contributed by atoms with van der Waals surface area (Å²) in [5.41, 5.74) is 4.98. The standard InChI is InChI=1S/C30H38N4O2/c1-23(25-16-14-24(15-17-25)11-10-21-33-19-8-5-9-20-33)31-27-13-7-6-12-26(27)28-18-22-34(32-28)29(35)36-30(2,3)4/h12-17,31H,1,5-11,19-21H2,2-4H3. The van der Waals surface area contributed by atoms with E-state index in [0.717, 1.165) is 46.5 Å². The molecule has 1 aliphatic carbocycles. The highest BCUT2D eigenvalue weighted by Crippen LogP contribution is 2.27. The van der Waals surface area contributed by atoms with Crippen LogP contribution in [0.1, 0.15) is 76.1 Å². The Morgan fingerprint density at radius 2 is 1.83 bits per heavy atom. The molecule has 0 radical (unpaired) electrons. The molecular weight excluding hydrogens is 448 g/mol. The van der Waals surface area contributed by atoms with Gasteiger partial charge < -0.3 is 15.0 Å². The number of allylic oxidation sites excluding steroid dienone is 3. The summed E-state index contributed by atoms with van der Waals surface area (Å²) >= 11 is 0. The minimum Gasteiger partial charge on any atom is -0.442 e. The van der Waals surface area contributed by atoms with Crippen molar-refractivity contribution in [2.45, 2.75) is 71.3 Å². The number of likely N-dealkylation sites (tertiary alicyclic amines) is 1. The topological polar surface area (TPSA) is 59.4 Å². The second kappa shape index (κ2) is 11.6. The summed E-state index contributed by atoms with van der Waals surface area (Å²) in [7, 11) is 0. The largest absolute Gasteiger partial charge is 0.443 e. The highest BCUT2D eigenvalue weighted by molar-refractivity contribution is 5.80. The average Bonchev–Trinajstić information content (AvgIpc) is 3.35. The molecule has 6 nitrogen and oxygen atoms in total. The van der Waals surface area contributed by atoms with E-state index in [2.05, 4.69) is 70.6 Å². The lowest BCUT2D eigenvalue weighted by molar-refractivity contribution is 0.0513. The quantitative estimate of drug-likeness (QED) is 0.495. The summed E-state index contributed by atoms with van der Waals surface area (Å²) < 4.78 is 6.46. The molecule has 1 saturated heterocycles. The van der Waals surface area contributed by atoms with Gasteiger partial charge in [-0.05, 0) is 96.1 Å². The fourth-order valence-corrected chi connectivity index (χ4v) is 4.58. The molecule has 1 N–H and O–H groups in total. The number of nitrogens with zero attached hydrogens (tertiary/aromatic N) is 3. The van der Waals surface area contributed by atoms with E-state index >= 15 is 0 Å². The van der Waals surface area contributed by atoms with E-state index in [9.17, 15) is 4.79 Å².